The van der Waals surface area contributed by atoms with Crippen LogP contribution in [-0.2, 0) is 19.1 Å². The molecule has 3 fully saturated rings. The van der Waals surface area contributed by atoms with Crippen LogP contribution in [0.2, 0.25) is 0 Å². The van der Waals surface area contributed by atoms with Crippen molar-refractivity contribution in [1.29, 1.82) is 0 Å². The largest absolute Gasteiger partial charge is 0.379 e. The molecule has 0 aliphatic carbocycles. The van der Waals surface area contributed by atoms with E-state index in [1.807, 2.05) is 9.80 Å². The molecule has 152 valence electrons. The molecular formula is C16H30Cl2N4O4. The lowest BCUT2D eigenvalue weighted by Crippen LogP contribution is -2.54. The first-order chi connectivity index (χ1) is 11.7. The van der Waals surface area contributed by atoms with Crippen LogP contribution >= 0.6 is 24.8 Å². The molecule has 3 aliphatic rings. The highest BCUT2D eigenvalue weighted by molar-refractivity contribution is 5.85. The number of piperazine rings is 1. The fourth-order valence-electron chi connectivity index (χ4n) is 3.35. The molecule has 3 heterocycles. The quantitative estimate of drug-likeness (QED) is 0.652. The van der Waals surface area contributed by atoms with Crippen molar-refractivity contribution in [3.8, 4) is 0 Å². The summed E-state index contributed by atoms with van der Waals surface area (Å²) in [6.07, 6.45) is 0.474. The molecule has 0 aromatic rings. The van der Waals surface area contributed by atoms with Gasteiger partial charge in [-0.3, -0.25) is 14.5 Å². The predicted molar refractivity (Wildman–Crippen MR) is 102 cm³/mol. The third-order valence-corrected chi connectivity index (χ3v) is 4.87. The van der Waals surface area contributed by atoms with Gasteiger partial charge in [0.25, 0.3) is 0 Å². The van der Waals surface area contributed by atoms with E-state index in [9.17, 15) is 9.59 Å². The van der Waals surface area contributed by atoms with Gasteiger partial charge in [0.1, 0.15) is 0 Å². The Morgan fingerprint density at radius 3 is 2.04 bits per heavy atom. The van der Waals surface area contributed by atoms with Crippen LogP contribution in [0.15, 0.2) is 0 Å². The molecule has 26 heavy (non-hydrogen) atoms. The van der Waals surface area contributed by atoms with E-state index < -0.39 is 0 Å². The van der Waals surface area contributed by atoms with Gasteiger partial charge < -0.3 is 24.6 Å². The van der Waals surface area contributed by atoms with Crippen LogP contribution in [0.3, 0.4) is 0 Å². The second kappa shape index (κ2) is 11.9. The van der Waals surface area contributed by atoms with E-state index in [4.69, 9.17) is 9.47 Å². The average Bonchev–Trinajstić information content (AvgIpc) is 2.63. The van der Waals surface area contributed by atoms with Crippen molar-refractivity contribution in [1.82, 2.24) is 20.0 Å². The van der Waals surface area contributed by atoms with Crippen molar-refractivity contribution < 1.29 is 19.1 Å². The van der Waals surface area contributed by atoms with Crippen molar-refractivity contribution in [2.24, 2.45) is 0 Å². The molecule has 3 aliphatic heterocycles. The van der Waals surface area contributed by atoms with Crippen molar-refractivity contribution >= 4 is 36.6 Å². The molecule has 1 N–H and O–H groups in total. The lowest BCUT2D eigenvalue weighted by Gasteiger charge is -2.37. The first kappa shape index (κ1) is 23.4. The number of hydrogen-bond acceptors (Lipinski definition) is 6. The summed E-state index contributed by atoms with van der Waals surface area (Å²) in [6.45, 7) is 8.14. The number of carbonyl (C=O) groups is 2. The minimum absolute atomic E-state index is 0. The Bertz CT molecular complexity index is 398. The topological polar surface area (TPSA) is 74.4 Å². The second-order valence-corrected chi connectivity index (χ2v) is 6.58. The summed E-state index contributed by atoms with van der Waals surface area (Å²) in [4.78, 5) is 30.6. The minimum atomic E-state index is 0. The van der Waals surface area contributed by atoms with Crippen LogP contribution in [0.25, 0.3) is 0 Å². The Hall–Kier alpha value is -0.640. The number of nitrogens with zero attached hydrogens (tertiary/aromatic N) is 3. The van der Waals surface area contributed by atoms with Crippen LogP contribution in [0, 0.1) is 0 Å². The zero-order chi connectivity index (χ0) is 16.8. The molecule has 0 spiro atoms. The Morgan fingerprint density at radius 2 is 1.46 bits per heavy atom. The Labute approximate surface area is 167 Å². The van der Waals surface area contributed by atoms with Gasteiger partial charge in [0, 0.05) is 58.3 Å². The first-order valence-electron chi connectivity index (χ1n) is 8.89. The highest BCUT2D eigenvalue weighted by atomic mass is 35.5. The van der Waals surface area contributed by atoms with E-state index in [1.165, 1.54) is 0 Å². The molecule has 2 amide bonds. The number of amides is 2. The first-order valence-corrected chi connectivity index (χ1v) is 8.89. The van der Waals surface area contributed by atoms with Gasteiger partial charge in [-0.05, 0) is 0 Å². The van der Waals surface area contributed by atoms with E-state index in [0.29, 0.717) is 65.6 Å². The van der Waals surface area contributed by atoms with E-state index in [1.54, 1.807) is 0 Å². The summed E-state index contributed by atoms with van der Waals surface area (Å²) in [5.74, 6) is 0.310. The van der Waals surface area contributed by atoms with E-state index in [2.05, 4.69) is 10.2 Å². The molecule has 3 saturated heterocycles. The van der Waals surface area contributed by atoms with Gasteiger partial charge in [-0.15, -0.1) is 24.8 Å². The molecule has 0 saturated carbocycles. The van der Waals surface area contributed by atoms with E-state index in [0.717, 1.165) is 19.6 Å². The van der Waals surface area contributed by atoms with Crippen LogP contribution in [-0.4, -0.2) is 111 Å². The Morgan fingerprint density at radius 1 is 0.846 bits per heavy atom. The summed E-state index contributed by atoms with van der Waals surface area (Å²) >= 11 is 0. The maximum Gasteiger partial charge on any atom is 0.236 e. The Balaban J connectivity index is 0.00000169. The number of halogens is 2. The number of rotatable bonds is 4. The van der Waals surface area contributed by atoms with Crippen LogP contribution < -0.4 is 5.32 Å². The second-order valence-electron chi connectivity index (χ2n) is 6.58. The van der Waals surface area contributed by atoms with Gasteiger partial charge in [0.15, 0.2) is 0 Å². The van der Waals surface area contributed by atoms with Gasteiger partial charge in [-0.25, -0.2) is 0 Å². The van der Waals surface area contributed by atoms with Crippen molar-refractivity contribution in [2.75, 3.05) is 78.8 Å². The summed E-state index contributed by atoms with van der Waals surface area (Å²) in [7, 11) is 0. The van der Waals surface area contributed by atoms with E-state index >= 15 is 0 Å². The van der Waals surface area contributed by atoms with Crippen molar-refractivity contribution in [2.45, 2.75) is 12.5 Å². The fraction of sp³-hybridized carbons (Fsp3) is 0.875. The lowest BCUT2D eigenvalue weighted by molar-refractivity contribution is -0.141. The van der Waals surface area contributed by atoms with E-state index in [-0.39, 0.29) is 42.7 Å². The normalized spacial score (nSPS) is 24.4. The highest BCUT2D eigenvalue weighted by Crippen LogP contribution is 2.08. The maximum atomic E-state index is 12.4. The molecule has 0 radical (unpaired) electrons. The van der Waals surface area contributed by atoms with Gasteiger partial charge >= 0.3 is 0 Å². The van der Waals surface area contributed by atoms with Crippen LogP contribution in [0.5, 0.6) is 0 Å². The smallest absolute Gasteiger partial charge is 0.236 e. The number of ether oxygens (including phenoxy) is 2. The predicted octanol–water partition coefficient (Wildman–Crippen LogP) is -0.788. The van der Waals surface area contributed by atoms with Gasteiger partial charge in [0.2, 0.25) is 11.8 Å². The molecule has 1 atom stereocenters. The fourth-order valence-corrected chi connectivity index (χ4v) is 3.35. The third-order valence-electron chi connectivity index (χ3n) is 4.87. The number of carbonyl (C=O) groups excluding carboxylic acids is 2. The monoisotopic (exact) mass is 412 g/mol. The summed E-state index contributed by atoms with van der Waals surface area (Å²) < 4.78 is 10.7. The van der Waals surface area contributed by atoms with Crippen molar-refractivity contribution in [3.63, 3.8) is 0 Å². The zero-order valence-electron chi connectivity index (χ0n) is 15.1. The van der Waals surface area contributed by atoms with Crippen molar-refractivity contribution in [3.05, 3.63) is 0 Å². The summed E-state index contributed by atoms with van der Waals surface area (Å²) in [5.41, 5.74) is 0. The Kier molecular flexibility index (Phi) is 10.7. The number of morpholine rings is 2. The van der Waals surface area contributed by atoms with Crippen LogP contribution in [0.4, 0.5) is 0 Å². The van der Waals surface area contributed by atoms with Gasteiger partial charge in [0.05, 0.1) is 33.0 Å². The summed E-state index contributed by atoms with van der Waals surface area (Å²) in [5, 5.41) is 3.31. The molecular weight excluding hydrogens is 383 g/mol. The van der Waals surface area contributed by atoms with Gasteiger partial charge in [-0.2, -0.15) is 0 Å². The molecule has 8 nitrogen and oxygen atoms in total. The molecule has 10 heteroatoms. The maximum absolute atomic E-state index is 12.4. The molecule has 0 aromatic carbocycles. The van der Waals surface area contributed by atoms with Gasteiger partial charge in [-0.1, -0.05) is 0 Å². The minimum Gasteiger partial charge on any atom is -0.379 e. The number of nitrogens with one attached hydrogen (secondary N) is 1. The summed E-state index contributed by atoms with van der Waals surface area (Å²) in [6, 6.07) is 0.118. The molecule has 3 rings (SSSR count). The molecule has 0 bridgehead atoms. The zero-order valence-corrected chi connectivity index (χ0v) is 16.7. The highest BCUT2D eigenvalue weighted by Gasteiger charge is 2.27. The SMILES string of the molecule is Cl.Cl.O=C(CC1COCCN1)N1CCN(C(=O)CN2CCOCC2)CC1. The third kappa shape index (κ3) is 6.83. The molecule has 0 aromatic heterocycles. The standard InChI is InChI=1S/C16H28N4O4.2ClH/c21-15(11-14-13-24-8-1-17-14)19-2-4-20(5-3-19)16(22)12-18-6-9-23-10-7-18;;/h14,17H,1-13H2;2*1H. The average molecular weight is 413 g/mol. The van der Waals surface area contributed by atoms with Crippen LogP contribution in [0.1, 0.15) is 6.42 Å². The number of hydrogen-bond donors (Lipinski definition) is 1. The lowest BCUT2D eigenvalue weighted by atomic mass is 10.1. The molecule has 1 unspecified atom stereocenters.